The maximum atomic E-state index is 7.19. The Kier molecular flexibility index (Phi) is 3.90. The molecule has 0 aromatic heterocycles. The summed E-state index contributed by atoms with van der Waals surface area (Å²) in [7, 11) is 0. The summed E-state index contributed by atoms with van der Waals surface area (Å²) in [4.78, 5) is 4.41. The van der Waals surface area contributed by atoms with Crippen molar-refractivity contribution in [3.05, 3.63) is 29.8 Å². The summed E-state index contributed by atoms with van der Waals surface area (Å²) in [6.07, 6.45) is 0. The van der Waals surface area contributed by atoms with Gasteiger partial charge in [0.2, 0.25) is 0 Å². The molecule has 0 bridgehead atoms. The Morgan fingerprint density at radius 1 is 1.36 bits per heavy atom. The first kappa shape index (κ1) is 10.5. The highest BCUT2D eigenvalue weighted by Gasteiger charge is 1.95. The summed E-state index contributed by atoms with van der Waals surface area (Å²) < 4.78 is 0. The standard InChI is InChI=1S/C9H14N4O/c10-9(11)7-1-3-8(4-2-7)13-5-6-14-12/h1-4,13H,5-6,12H2,(H3,10,11). The lowest BCUT2D eigenvalue weighted by Gasteiger charge is -2.05. The van der Waals surface area contributed by atoms with Crippen LogP contribution >= 0.6 is 0 Å². The number of hydrogen-bond acceptors (Lipinski definition) is 4. The molecule has 0 unspecified atom stereocenters. The molecule has 5 heteroatoms. The third kappa shape index (κ3) is 3.04. The smallest absolute Gasteiger partial charge is 0.122 e. The molecular formula is C9H14N4O. The number of benzene rings is 1. The average Bonchev–Trinajstić information content (AvgIpc) is 2.19. The molecule has 6 N–H and O–H groups in total. The minimum absolute atomic E-state index is 0.0711. The van der Waals surface area contributed by atoms with Crippen molar-refractivity contribution in [1.82, 2.24) is 0 Å². The highest BCUT2D eigenvalue weighted by atomic mass is 16.6. The van der Waals surface area contributed by atoms with Gasteiger partial charge in [0, 0.05) is 17.8 Å². The molecule has 0 saturated carbocycles. The van der Waals surface area contributed by atoms with Gasteiger partial charge >= 0.3 is 0 Å². The van der Waals surface area contributed by atoms with Gasteiger partial charge in [-0.1, -0.05) is 0 Å². The average molecular weight is 194 g/mol. The van der Waals surface area contributed by atoms with Gasteiger partial charge in [0.25, 0.3) is 0 Å². The fraction of sp³-hybridized carbons (Fsp3) is 0.222. The van der Waals surface area contributed by atoms with Crippen molar-refractivity contribution in [3.8, 4) is 0 Å². The van der Waals surface area contributed by atoms with Crippen LogP contribution in [0, 0.1) is 5.41 Å². The van der Waals surface area contributed by atoms with E-state index in [0.717, 1.165) is 5.69 Å². The van der Waals surface area contributed by atoms with Crippen molar-refractivity contribution >= 4 is 11.5 Å². The SMILES string of the molecule is N=C(N)c1ccc(NCCON)cc1. The van der Waals surface area contributed by atoms with E-state index in [-0.39, 0.29) is 5.84 Å². The lowest BCUT2D eigenvalue weighted by atomic mass is 10.2. The second-order valence-corrected chi connectivity index (χ2v) is 2.79. The summed E-state index contributed by atoms with van der Waals surface area (Å²) in [6, 6.07) is 7.28. The van der Waals surface area contributed by atoms with Crippen LogP contribution in [0.5, 0.6) is 0 Å². The van der Waals surface area contributed by atoms with Crippen LogP contribution in [0.25, 0.3) is 0 Å². The molecule has 14 heavy (non-hydrogen) atoms. The van der Waals surface area contributed by atoms with Crippen LogP contribution in [-0.2, 0) is 4.84 Å². The number of hydrogen-bond donors (Lipinski definition) is 4. The molecule has 1 rings (SSSR count). The molecule has 0 saturated heterocycles. The summed E-state index contributed by atoms with van der Waals surface area (Å²) in [6.45, 7) is 1.10. The van der Waals surface area contributed by atoms with Crippen molar-refractivity contribution < 1.29 is 4.84 Å². The summed E-state index contributed by atoms with van der Waals surface area (Å²) in [5.74, 6) is 4.94. The Bertz CT molecular complexity index is 296. The van der Waals surface area contributed by atoms with Crippen molar-refractivity contribution in [2.24, 2.45) is 11.6 Å². The molecule has 0 spiro atoms. The van der Waals surface area contributed by atoms with E-state index >= 15 is 0 Å². The van der Waals surface area contributed by atoms with Crippen LogP contribution in [0.15, 0.2) is 24.3 Å². The second-order valence-electron chi connectivity index (χ2n) is 2.79. The van der Waals surface area contributed by atoms with Crippen molar-refractivity contribution in [2.45, 2.75) is 0 Å². The van der Waals surface area contributed by atoms with Crippen LogP contribution < -0.4 is 16.9 Å². The molecular weight excluding hydrogens is 180 g/mol. The molecule has 0 amide bonds. The van der Waals surface area contributed by atoms with E-state index in [9.17, 15) is 0 Å². The molecule has 0 aliphatic heterocycles. The number of nitrogens with two attached hydrogens (primary N) is 2. The van der Waals surface area contributed by atoms with Crippen molar-refractivity contribution in [3.63, 3.8) is 0 Å². The number of rotatable bonds is 5. The van der Waals surface area contributed by atoms with E-state index in [1.165, 1.54) is 0 Å². The quantitative estimate of drug-likeness (QED) is 0.234. The van der Waals surface area contributed by atoms with Crippen molar-refractivity contribution in [1.29, 1.82) is 5.41 Å². The topological polar surface area (TPSA) is 97.2 Å². The predicted molar refractivity (Wildman–Crippen MR) is 56.1 cm³/mol. The van der Waals surface area contributed by atoms with Crippen LogP contribution in [-0.4, -0.2) is 19.0 Å². The van der Waals surface area contributed by atoms with E-state index in [4.69, 9.17) is 17.0 Å². The van der Waals surface area contributed by atoms with E-state index < -0.39 is 0 Å². The molecule has 0 atom stereocenters. The maximum Gasteiger partial charge on any atom is 0.122 e. The van der Waals surface area contributed by atoms with Gasteiger partial charge < -0.3 is 15.9 Å². The van der Waals surface area contributed by atoms with Crippen LogP contribution in [0.1, 0.15) is 5.56 Å². The molecule has 76 valence electrons. The van der Waals surface area contributed by atoms with Gasteiger partial charge in [-0.05, 0) is 24.3 Å². The lowest BCUT2D eigenvalue weighted by molar-refractivity contribution is 0.148. The largest absolute Gasteiger partial charge is 0.384 e. The van der Waals surface area contributed by atoms with Crippen LogP contribution in [0.3, 0.4) is 0 Å². The van der Waals surface area contributed by atoms with Gasteiger partial charge in [-0.15, -0.1) is 0 Å². The maximum absolute atomic E-state index is 7.19. The van der Waals surface area contributed by atoms with E-state index in [0.29, 0.717) is 18.7 Å². The Morgan fingerprint density at radius 3 is 2.50 bits per heavy atom. The van der Waals surface area contributed by atoms with E-state index in [2.05, 4.69) is 10.2 Å². The van der Waals surface area contributed by atoms with Gasteiger partial charge in [-0.2, -0.15) is 0 Å². The Labute approximate surface area is 82.5 Å². The Hall–Kier alpha value is -1.59. The van der Waals surface area contributed by atoms with Gasteiger partial charge in [-0.25, -0.2) is 5.90 Å². The third-order valence-electron chi connectivity index (χ3n) is 1.74. The summed E-state index contributed by atoms with van der Waals surface area (Å²) in [5, 5.41) is 10.3. The lowest BCUT2D eigenvalue weighted by Crippen LogP contribution is -2.13. The molecule has 5 nitrogen and oxygen atoms in total. The number of amidine groups is 1. The fourth-order valence-electron chi connectivity index (χ4n) is 1.02. The zero-order valence-corrected chi connectivity index (χ0v) is 7.79. The van der Waals surface area contributed by atoms with Crippen molar-refractivity contribution in [2.75, 3.05) is 18.5 Å². The minimum atomic E-state index is 0.0711. The van der Waals surface area contributed by atoms with Gasteiger partial charge in [0.05, 0.1) is 6.61 Å². The van der Waals surface area contributed by atoms with E-state index in [1.54, 1.807) is 12.1 Å². The number of nitrogens with one attached hydrogen (secondary N) is 2. The van der Waals surface area contributed by atoms with Gasteiger partial charge in [0.15, 0.2) is 0 Å². The molecule has 0 aliphatic carbocycles. The Balaban J connectivity index is 2.51. The predicted octanol–water partition coefficient (Wildman–Crippen LogP) is 0.273. The summed E-state index contributed by atoms with van der Waals surface area (Å²) >= 11 is 0. The molecule has 1 aromatic rings. The first-order chi connectivity index (χ1) is 6.74. The summed E-state index contributed by atoms with van der Waals surface area (Å²) in [5.41, 5.74) is 6.98. The van der Waals surface area contributed by atoms with Crippen LogP contribution in [0.4, 0.5) is 5.69 Å². The fourth-order valence-corrected chi connectivity index (χ4v) is 1.02. The number of nitrogen functional groups attached to an aromatic ring is 1. The molecule has 0 fully saturated rings. The van der Waals surface area contributed by atoms with Gasteiger partial charge in [-0.3, -0.25) is 5.41 Å². The molecule has 0 heterocycles. The number of anilines is 1. The van der Waals surface area contributed by atoms with Gasteiger partial charge in [0.1, 0.15) is 5.84 Å². The molecule has 0 radical (unpaired) electrons. The van der Waals surface area contributed by atoms with E-state index in [1.807, 2.05) is 12.1 Å². The Morgan fingerprint density at radius 2 is 2.00 bits per heavy atom. The second kappa shape index (κ2) is 5.21. The zero-order valence-electron chi connectivity index (χ0n) is 7.79. The molecule has 1 aromatic carbocycles. The van der Waals surface area contributed by atoms with Crippen LogP contribution in [0.2, 0.25) is 0 Å². The monoisotopic (exact) mass is 194 g/mol. The zero-order chi connectivity index (χ0) is 10.4. The highest BCUT2D eigenvalue weighted by molar-refractivity contribution is 5.95. The normalized spacial score (nSPS) is 9.79. The molecule has 0 aliphatic rings. The minimum Gasteiger partial charge on any atom is -0.384 e. The third-order valence-corrected chi connectivity index (χ3v) is 1.74. The highest BCUT2D eigenvalue weighted by Crippen LogP contribution is 2.08. The first-order valence-electron chi connectivity index (χ1n) is 4.24. The first-order valence-corrected chi connectivity index (χ1v) is 4.24.